The van der Waals surface area contributed by atoms with Crippen molar-refractivity contribution >= 4 is 8.07 Å². The lowest BCUT2D eigenvalue weighted by Crippen LogP contribution is -2.50. The van der Waals surface area contributed by atoms with E-state index in [-0.39, 0.29) is 5.60 Å². The van der Waals surface area contributed by atoms with Gasteiger partial charge >= 0.3 is 0 Å². The molecule has 0 aromatic rings. The molecule has 0 amide bonds. The third-order valence-electron chi connectivity index (χ3n) is 13.2. The van der Waals surface area contributed by atoms with Crippen molar-refractivity contribution in [1.29, 1.82) is 0 Å². The molecule has 5 fully saturated rings. The predicted molar refractivity (Wildman–Crippen MR) is 180 cm³/mol. The van der Waals surface area contributed by atoms with E-state index in [0.717, 1.165) is 66.0 Å². The van der Waals surface area contributed by atoms with E-state index in [4.69, 9.17) is 4.74 Å². The summed E-state index contributed by atoms with van der Waals surface area (Å²) in [5.74, 6) is 7.91. The van der Waals surface area contributed by atoms with Crippen LogP contribution in [0, 0.1) is 52.8 Å². The maximum atomic E-state index is 5.95. The van der Waals surface area contributed by atoms with E-state index in [1.807, 2.05) is 0 Å². The van der Waals surface area contributed by atoms with E-state index >= 15 is 0 Å². The van der Waals surface area contributed by atoms with Crippen LogP contribution in [0.4, 0.5) is 0 Å². The van der Waals surface area contributed by atoms with Crippen LogP contribution in [-0.4, -0.2) is 43.4 Å². The van der Waals surface area contributed by atoms with Gasteiger partial charge in [0.1, 0.15) is 0 Å². The molecule has 10 unspecified atom stereocenters. The largest absolute Gasteiger partial charge is 0.376 e. The Morgan fingerprint density at radius 2 is 1.46 bits per heavy atom. The molecule has 41 heavy (non-hydrogen) atoms. The van der Waals surface area contributed by atoms with Crippen LogP contribution in [0.1, 0.15) is 138 Å². The Morgan fingerprint density at radius 1 is 0.756 bits per heavy atom. The molecule has 0 bridgehead atoms. The summed E-state index contributed by atoms with van der Waals surface area (Å²) >= 11 is 0. The van der Waals surface area contributed by atoms with E-state index in [1.165, 1.54) is 89.6 Å². The maximum Gasteiger partial charge on any atom is 0.0599 e. The Labute approximate surface area is 257 Å². The van der Waals surface area contributed by atoms with Crippen LogP contribution in [0.2, 0.25) is 19.6 Å². The molecule has 0 radical (unpaired) electrons. The number of hydrogen-bond donors (Lipinski definition) is 0. The molecule has 10 atom stereocenters. The van der Waals surface area contributed by atoms with Gasteiger partial charge in [-0.1, -0.05) is 85.4 Å². The maximum absolute atomic E-state index is 5.95. The van der Waals surface area contributed by atoms with Gasteiger partial charge in [0.2, 0.25) is 0 Å². The number of nitrogens with zero attached hydrogens (tertiary/aromatic N) is 1. The lowest BCUT2D eigenvalue weighted by molar-refractivity contribution is -0.00478. The highest BCUT2D eigenvalue weighted by molar-refractivity contribution is 6.76. The standard InChI is InChI=1S/C38H71NOSi/c1-27-19-22-33-32(24-27)34-35(30-17-13-14-18-31(30)36(34)39(33)26-41(7,8)9)38(5,6)29-21-20-28(25-29)16-12-10-11-15-23-40-37(2,3)4/h27-36H,10-26H2,1-9H3. The van der Waals surface area contributed by atoms with Crippen molar-refractivity contribution in [1.82, 2.24) is 4.90 Å². The molecule has 4 saturated carbocycles. The SMILES string of the molecule is CC1CCC2C(C1)C1C(C3CCCCC3C1C(C)(C)C1CCC(CCCCCCOC(C)(C)C)C1)N2C[Si](C)(C)C. The fraction of sp³-hybridized carbons (Fsp3) is 1.00. The molecule has 0 N–H and O–H groups in total. The van der Waals surface area contributed by atoms with Crippen LogP contribution in [-0.2, 0) is 4.74 Å². The number of unbranched alkanes of at least 4 members (excludes halogenated alkanes) is 3. The first kappa shape index (κ1) is 32.5. The van der Waals surface area contributed by atoms with Crippen molar-refractivity contribution in [3.05, 3.63) is 0 Å². The van der Waals surface area contributed by atoms with E-state index in [2.05, 4.69) is 66.1 Å². The van der Waals surface area contributed by atoms with Crippen molar-refractivity contribution in [2.45, 2.75) is 175 Å². The molecule has 1 heterocycles. The molecule has 1 aliphatic heterocycles. The molecule has 0 aromatic heterocycles. The van der Waals surface area contributed by atoms with E-state index < -0.39 is 8.07 Å². The van der Waals surface area contributed by atoms with Gasteiger partial charge in [-0.05, 0) is 131 Å². The van der Waals surface area contributed by atoms with Crippen LogP contribution in [0.25, 0.3) is 0 Å². The van der Waals surface area contributed by atoms with E-state index in [9.17, 15) is 0 Å². The Bertz CT molecular complexity index is 840. The second-order valence-corrected chi connectivity index (χ2v) is 24.4. The van der Waals surface area contributed by atoms with Gasteiger partial charge in [0.05, 0.1) is 13.7 Å². The third-order valence-corrected chi connectivity index (χ3v) is 14.5. The number of likely N-dealkylation sites (tertiary alicyclic amines) is 1. The van der Waals surface area contributed by atoms with E-state index in [1.54, 1.807) is 12.8 Å². The highest BCUT2D eigenvalue weighted by Gasteiger charge is 2.65. The normalized spacial score (nSPS) is 40.0. The van der Waals surface area contributed by atoms with Crippen molar-refractivity contribution in [2.75, 3.05) is 12.8 Å². The predicted octanol–water partition coefficient (Wildman–Crippen LogP) is 10.6. The topological polar surface area (TPSA) is 12.5 Å². The summed E-state index contributed by atoms with van der Waals surface area (Å²) < 4.78 is 5.95. The quantitative estimate of drug-likeness (QED) is 0.177. The summed E-state index contributed by atoms with van der Waals surface area (Å²) in [4.78, 5) is 3.25. The summed E-state index contributed by atoms with van der Waals surface area (Å²) in [6.07, 6.45) is 23.6. The molecular formula is C38H71NOSi. The fourth-order valence-corrected chi connectivity index (χ4v) is 13.2. The number of hydrogen-bond acceptors (Lipinski definition) is 2. The molecular weight excluding hydrogens is 515 g/mol. The van der Waals surface area contributed by atoms with Gasteiger partial charge < -0.3 is 4.74 Å². The summed E-state index contributed by atoms with van der Waals surface area (Å²) in [5.41, 5.74) is 0.531. The average molecular weight is 586 g/mol. The zero-order chi connectivity index (χ0) is 29.6. The lowest BCUT2D eigenvalue weighted by atomic mass is 9.57. The van der Waals surface area contributed by atoms with Crippen LogP contribution in [0.3, 0.4) is 0 Å². The van der Waals surface area contributed by atoms with Crippen molar-refractivity contribution in [2.24, 2.45) is 52.8 Å². The highest BCUT2D eigenvalue weighted by Crippen LogP contribution is 2.66. The van der Waals surface area contributed by atoms with Gasteiger partial charge in [-0.25, -0.2) is 0 Å². The second-order valence-electron chi connectivity index (χ2n) is 18.9. The Kier molecular flexibility index (Phi) is 10.2. The Hall–Kier alpha value is 0.137. The Balaban J connectivity index is 1.25. The second kappa shape index (κ2) is 12.9. The first-order valence-corrected chi connectivity index (χ1v) is 22.4. The van der Waals surface area contributed by atoms with Crippen molar-refractivity contribution in [3.8, 4) is 0 Å². The molecule has 238 valence electrons. The minimum atomic E-state index is -1.15. The fourth-order valence-electron chi connectivity index (χ4n) is 11.7. The Morgan fingerprint density at radius 3 is 2.17 bits per heavy atom. The van der Waals surface area contributed by atoms with Crippen LogP contribution >= 0.6 is 0 Å². The van der Waals surface area contributed by atoms with Gasteiger partial charge in [0.25, 0.3) is 0 Å². The van der Waals surface area contributed by atoms with Gasteiger partial charge in [-0.3, -0.25) is 4.90 Å². The summed E-state index contributed by atoms with van der Waals surface area (Å²) in [6.45, 7) is 23.6. The highest BCUT2D eigenvalue weighted by atomic mass is 28.3. The zero-order valence-corrected chi connectivity index (χ0v) is 30.1. The lowest BCUT2D eigenvalue weighted by Gasteiger charge is -2.48. The third kappa shape index (κ3) is 7.35. The molecule has 5 rings (SSSR count). The summed E-state index contributed by atoms with van der Waals surface area (Å²) in [5, 5.41) is 0. The molecule has 4 aliphatic carbocycles. The minimum absolute atomic E-state index is 0.0177. The smallest absolute Gasteiger partial charge is 0.0599 e. The van der Waals surface area contributed by atoms with Crippen molar-refractivity contribution < 1.29 is 4.74 Å². The molecule has 0 aromatic carbocycles. The monoisotopic (exact) mass is 586 g/mol. The summed E-state index contributed by atoms with van der Waals surface area (Å²) in [6, 6.07) is 1.84. The van der Waals surface area contributed by atoms with Crippen LogP contribution < -0.4 is 0 Å². The van der Waals surface area contributed by atoms with Gasteiger partial charge in [0.15, 0.2) is 0 Å². The van der Waals surface area contributed by atoms with Gasteiger partial charge in [0, 0.05) is 18.7 Å². The molecule has 5 aliphatic rings. The average Bonchev–Trinajstić information content (AvgIpc) is 3.56. The number of ether oxygens (including phenoxy) is 1. The van der Waals surface area contributed by atoms with Crippen LogP contribution in [0.15, 0.2) is 0 Å². The first-order valence-electron chi connectivity index (χ1n) is 18.7. The molecule has 3 heteroatoms. The zero-order valence-electron chi connectivity index (χ0n) is 29.1. The van der Waals surface area contributed by atoms with E-state index in [0.29, 0.717) is 5.41 Å². The molecule has 1 saturated heterocycles. The number of rotatable bonds is 11. The summed E-state index contributed by atoms with van der Waals surface area (Å²) in [7, 11) is -1.15. The van der Waals surface area contributed by atoms with Crippen molar-refractivity contribution in [3.63, 3.8) is 0 Å². The first-order chi connectivity index (χ1) is 19.3. The van der Waals surface area contributed by atoms with Gasteiger partial charge in [-0.2, -0.15) is 0 Å². The number of fused-ring (bicyclic) bond motifs is 5. The van der Waals surface area contributed by atoms with Crippen LogP contribution in [0.5, 0.6) is 0 Å². The minimum Gasteiger partial charge on any atom is -0.376 e. The molecule has 0 spiro atoms. The molecule has 2 nitrogen and oxygen atoms in total. The van der Waals surface area contributed by atoms with Gasteiger partial charge in [-0.15, -0.1) is 0 Å².